The Labute approximate surface area is 108 Å². The number of aliphatic hydroxyl groups excluding tert-OH is 1. The molecular formula is C15H21NO2. The Kier molecular flexibility index (Phi) is 4.50. The van der Waals surface area contributed by atoms with Gasteiger partial charge in [-0.3, -0.25) is 9.69 Å². The third kappa shape index (κ3) is 2.98. The van der Waals surface area contributed by atoms with Gasteiger partial charge in [-0.05, 0) is 32.2 Å². The maximum absolute atomic E-state index is 12.3. The molecule has 0 bridgehead atoms. The van der Waals surface area contributed by atoms with Crippen molar-refractivity contribution in [1.29, 1.82) is 0 Å². The first-order valence-corrected chi connectivity index (χ1v) is 6.66. The number of hydrogen-bond donors (Lipinski definition) is 1. The number of carbonyl (C=O) groups is 1. The zero-order chi connectivity index (χ0) is 13.0. The number of carbonyl (C=O) groups excluding carboxylic acids is 1. The van der Waals surface area contributed by atoms with E-state index in [1.165, 1.54) is 0 Å². The molecule has 2 unspecified atom stereocenters. The predicted molar refractivity (Wildman–Crippen MR) is 71.6 cm³/mol. The molecule has 0 amide bonds. The van der Waals surface area contributed by atoms with E-state index in [9.17, 15) is 4.79 Å². The Morgan fingerprint density at radius 2 is 2.17 bits per heavy atom. The molecule has 3 nitrogen and oxygen atoms in total. The summed E-state index contributed by atoms with van der Waals surface area (Å²) in [6, 6.07) is 9.42. The van der Waals surface area contributed by atoms with Gasteiger partial charge in [0.1, 0.15) is 0 Å². The quantitative estimate of drug-likeness (QED) is 0.809. The molecule has 98 valence electrons. The second-order valence-electron chi connectivity index (χ2n) is 5.07. The van der Waals surface area contributed by atoms with E-state index in [0.29, 0.717) is 5.92 Å². The van der Waals surface area contributed by atoms with Gasteiger partial charge in [0.15, 0.2) is 5.78 Å². The first kappa shape index (κ1) is 13.2. The van der Waals surface area contributed by atoms with Crippen LogP contribution in [0.4, 0.5) is 0 Å². The van der Waals surface area contributed by atoms with Crippen LogP contribution in [0.15, 0.2) is 30.3 Å². The summed E-state index contributed by atoms with van der Waals surface area (Å²) in [4.78, 5) is 14.5. The van der Waals surface area contributed by atoms with Crippen LogP contribution in [0.5, 0.6) is 0 Å². The number of aliphatic hydroxyl groups is 1. The van der Waals surface area contributed by atoms with Gasteiger partial charge in [-0.15, -0.1) is 0 Å². The molecule has 0 spiro atoms. The largest absolute Gasteiger partial charge is 0.396 e. The molecule has 3 heteroatoms. The minimum absolute atomic E-state index is 0.0592. The summed E-state index contributed by atoms with van der Waals surface area (Å²) in [5.74, 6) is 0.737. The number of Topliss-reactive ketones (excluding diaryl/α,β-unsaturated/α-hetero) is 1. The van der Waals surface area contributed by atoms with Gasteiger partial charge >= 0.3 is 0 Å². The van der Waals surface area contributed by atoms with Crippen molar-refractivity contribution < 1.29 is 9.90 Å². The van der Waals surface area contributed by atoms with Gasteiger partial charge in [-0.1, -0.05) is 30.3 Å². The van der Waals surface area contributed by atoms with Gasteiger partial charge in [0.05, 0.1) is 6.04 Å². The predicted octanol–water partition coefficient (Wildman–Crippen LogP) is 1.96. The minimum Gasteiger partial charge on any atom is -0.396 e. The highest BCUT2D eigenvalue weighted by atomic mass is 16.3. The Morgan fingerprint density at radius 1 is 1.44 bits per heavy atom. The van der Waals surface area contributed by atoms with Crippen molar-refractivity contribution in [3.05, 3.63) is 35.9 Å². The molecule has 1 aromatic rings. The van der Waals surface area contributed by atoms with Crippen molar-refractivity contribution in [2.24, 2.45) is 5.92 Å². The third-order valence-corrected chi connectivity index (χ3v) is 3.84. The Balaban J connectivity index is 1.96. The molecule has 0 radical (unpaired) electrons. The molecule has 18 heavy (non-hydrogen) atoms. The second-order valence-corrected chi connectivity index (χ2v) is 5.07. The lowest BCUT2D eigenvalue weighted by atomic mass is 10.0. The monoisotopic (exact) mass is 247 g/mol. The fourth-order valence-electron chi connectivity index (χ4n) is 2.64. The molecule has 0 saturated carbocycles. The first-order valence-electron chi connectivity index (χ1n) is 6.66. The number of ketones is 1. The van der Waals surface area contributed by atoms with Gasteiger partial charge in [0, 0.05) is 18.7 Å². The fourth-order valence-corrected chi connectivity index (χ4v) is 2.64. The zero-order valence-electron chi connectivity index (χ0n) is 10.9. The van der Waals surface area contributed by atoms with Gasteiger partial charge in [0.25, 0.3) is 0 Å². The molecule has 1 N–H and O–H groups in total. The second kappa shape index (κ2) is 6.12. The first-order chi connectivity index (χ1) is 8.72. The summed E-state index contributed by atoms with van der Waals surface area (Å²) in [5, 5.41) is 8.95. The van der Waals surface area contributed by atoms with E-state index >= 15 is 0 Å². The average molecular weight is 247 g/mol. The van der Waals surface area contributed by atoms with Gasteiger partial charge in [0.2, 0.25) is 0 Å². The van der Waals surface area contributed by atoms with Crippen LogP contribution in [0.1, 0.15) is 30.1 Å². The molecule has 1 heterocycles. The zero-order valence-corrected chi connectivity index (χ0v) is 10.9. The van der Waals surface area contributed by atoms with Crippen molar-refractivity contribution in [2.45, 2.75) is 25.8 Å². The van der Waals surface area contributed by atoms with Gasteiger partial charge < -0.3 is 5.11 Å². The van der Waals surface area contributed by atoms with Crippen LogP contribution in [0.2, 0.25) is 0 Å². The van der Waals surface area contributed by atoms with Crippen LogP contribution >= 0.6 is 0 Å². The van der Waals surface area contributed by atoms with Crippen molar-refractivity contribution in [3.8, 4) is 0 Å². The van der Waals surface area contributed by atoms with Crippen LogP contribution in [0, 0.1) is 5.92 Å². The molecule has 2 atom stereocenters. The summed E-state index contributed by atoms with van der Waals surface area (Å²) in [6.07, 6.45) is 1.94. The van der Waals surface area contributed by atoms with Crippen molar-refractivity contribution in [1.82, 2.24) is 4.90 Å². The van der Waals surface area contributed by atoms with Crippen molar-refractivity contribution in [2.75, 3.05) is 19.7 Å². The fraction of sp³-hybridized carbons (Fsp3) is 0.533. The lowest BCUT2D eigenvalue weighted by molar-refractivity contribution is 0.0861. The summed E-state index contributed by atoms with van der Waals surface area (Å²) in [7, 11) is 0. The highest BCUT2D eigenvalue weighted by molar-refractivity contribution is 5.99. The Bertz CT molecular complexity index is 391. The van der Waals surface area contributed by atoms with Crippen LogP contribution in [0.25, 0.3) is 0 Å². The normalized spacial score (nSPS) is 22.0. The SMILES string of the molecule is CC(C(=O)c1ccccc1)N1CCC(CCO)C1. The maximum Gasteiger partial charge on any atom is 0.179 e. The highest BCUT2D eigenvalue weighted by Gasteiger charge is 2.29. The Morgan fingerprint density at radius 3 is 2.83 bits per heavy atom. The number of benzene rings is 1. The van der Waals surface area contributed by atoms with Crippen molar-refractivity contribution in [3.63, 3.8) is 0 Å². The molecule has 1 aliphatic rings. The van der Waals surface area contributed by atoms with Crippen molar-refractivity contribution >= 4 is 5.78 Å². The van der Waals surface area contributed by atoms with E-state index in [0.717, 1.165) is 31.5 Å². The molecule has 2 rings (SSSR count). The van der Waals surface area contributed by atoms with Crippen LogP contribution in [-0.4, -0.2) is 41.5 Å². The number of hydrogen-bond acceptors (Lipinski definition) is 3. The Hall–Kier alpha value is -1.19. The average Bonchev–Trinajstić information content (AvgIpc) is 2.87. The van der Waals surface area contributed by atoms with Crippen LogP contribution in [0.3, 0.4) is 0 Å². The van der Waals surface area contributed by atoms with E-state index in [1.807, 2.05) is 37.3 Å². The lowest BCUT2D eigenvalue weighted by Crippen LogP contribution is -2.37. The summed E-state index contributed by atoms with van der Waals surface area (Å²) in [5.41, 5.74) is 0.788. The summed E-state index contributed by atoms with van der Waals surface area (Å²) >= 11 is 0. The smallest absolute Gasteiger partial charge is 0.179 e. The molecule has 0 aliphatic carbocycles. The standard InChI is InChI=1S/C15H21NO2/c1-12(15(18)14-5-3-2-4-6-14)16-9-7-13(11-16)8-10-17/h2-6,12-13,17H,7-11H2,1H3. The van der Waals surface area contributed by atoms with Crippen LogP contribution in [-0.2, 0) is 0 Å². The number of nitrogens with zero attached hydrogens (tertiary/aromatic N) is 1. The summed E-state index contributed by atoms with van der Waals surface area (Å²) in [6.45, 7) is 4.13. The molecule has 1 aliphatic heterocycles. The maximum atomic E-state index is 12.3. The van der Waals surface area contributed by atoms with E-state index < -0.39 is 0 Å². The minimum atomic E-state index is -0.0592. The molecular weight excluding hydrogens is 226 g/mol. The van der Waals surface area contributed by atoms with E-state index in [4.69, 9.17) is 5.11 Å². The highest BCUT2D eigenvalue weighted by Crippen LogP contribution is 2.22. The molecule has 1 saturated heterocycles. The van der Waals surface area contributed by atoms with E-state index in [2.05, 4.69) is 4.90 Å². The molecule has 0 aromatic heterocycles. The summed E-state index contributed by atoms with van der Waals surface area (Å²) < 4.78 is 0. The molecule has 1 fully saturated rings. The van der Waals surface area contributed by atoms with E-state index in [1.54, 1.807) is 0 Å². The number of rotatable bonds is 5. The third-order valence-electron chi connectivity index (χ3n) is 3.84. The molecule has 1 aromatic carbocycles. The lowest BCUT2D eigenvalue weighted by Gasteiger charge is -2.23. The van der Waals surface area contributed by atoms with Gasteiger partial charge in [-0.25, -0.2) is 0 Å². The van der Waals surface area contributed by atoms with E-state index in [-0.39, 0.29) is 18.4 Å². The number of likely N-dealkylation sites (tertiary alicyclic amines) is 1. The van der Waals surface area contributed by atoms with Gasteiger partial charge in [-0.2, -0.15) is 0 Å². The van der Waals surface area contributed by atoms with Crippen LogP contribution < -0.4 is 0 Å². The topological polar surface area (TPSA) is 40.5 Å².